The van der Waals surface area contributed by atoms with Crippen molar-refractivity contribution >= 4 is 16.6 Å². The molecule has 0 aliphatic carbocycles. The molecule has 19 heavy (non-hydrogen) atoms. The van der Waals surface area contributed by atoms with E-state index in [4.69, 9.17) is 4.74 Å². The summed E-state index contributed by atoms with van der Waals surface area (Å²) in [6, 6.07) is 11.8. The number of Topliss-reactive ketones (excluding diaryl/α,β-unsaturated/α-hetero) is 1. The lowest BCUT2D eigenvalue weighted by molar-refractivity contribution is 0.0939. The van der Waals surface area contributed by atoms with Crippen molar-refractivity contribution in [3.05, 3.63) is 42.0 Å². The number of ether oxygens (including phenoxy) is 1. The molecule has 2 heteroatoms. The quantitative estimate of drug-likeness (QED) is 0.755. The molecule has 100 valence electrons. The smallest absolute Gasteiger partial charge is 0.165 e. The lowest BCUT2D eigenvalue weighted by Gasteiger charge is -2.11. The number of carbonyl (C=O) groups is 1. The first-order valence-corrected chi connectivity index (χ1v) is 6.72. The Morgan fingerprint density at radius 1 is 0.947 bits per heavy atom. The monoisotopic (exact) mass is 256 g/mol. The molecule has 0 N–H and O–H groups in total. The van der Waals surface area contributed by atoms with Gasteiger partial charge in [-0.2, -0.15) is 0 Å². The van der Waals surface area contributed by atoms with Crippen LogP contribution in [0.5, 0.6) is 5.75 Å². The highest BCUT2D eigenvalue weighted by Crippen LogP contribution is 2.23. The Morgan fingerprint density at radius 3 is 2.21 bits per heavy atom. The van der Waals surface area contributed by atoms with Gasteiger partial charge in [-0.15, -0.1) is 0 Å². The number of ketones is 1. The van der Waals surface area contributed by atoms with Gasteiger partial charge in [0, 0.05) is 11.5 Å². The summed E-state index contributed by atoms with van der Waals surface area (Å²) in [5.74, 6) is 1.08. The Labute approximate surface area is 114 Å². The number of benzene rings is 2. The summed E-state index contributed by atoms with van der Waals surface area (Å²) in [6.07, 6.45) is 0.166. The highest BCUT2D eigenvalue weighted by atomic mass is 16.5. The van der Waals surface area contributed by atoms with Crippen LogP contribution in [-0.2, 0) is 0 Å². The van der Waals surface area contributed by atoms with Crippen molar-refractivity contribution < 1.29 is 9.53 Å². The van der Waals surface area contributed by atoms with Crippen LogP contribution in [-0.4, -0.2) is 11.9 Å². The predicted octanol–water partition coefficient (Wildman–Crippen LogP) is 4.47. The fourth-order valence-electron chi connectivity index (χ4n) is 2.06. The third-order valence-electron chi connectivity index (χ3n) is 2.99. The number of hydrogen-bond acceptors (Lipinski definition) is 2. The van der Waals surface area contributed by atoms with E-state index in [2.05, 4.69) is 0 Å². The van der Waals surface area contributed by atoms with E-state index in [-0.39, 0.29) is 17.8 Å². The number of hydrogen-bond donors (Lipinski definition) is 0. The van der Waals surface area contributed by atoms with Crippen molar-refractivity contribution in [3.63, 3.8) is 0 Å². The van der Waals surface area contributed by atoms with Crippen molar-refractivity contribution in [1.29, 1.82) is 0 Å². The van der Waals surface area contributed by atoms with Crippen LogP contribution in [0.15, 0.2) is 36.4 Å². The summed E-state index contributed by atoms with van der Waals surface area (Å²) in [7, 11) is 0. The van der Waals surface area contributed by atoms with Crippen LogP contribution in [0, 0.1) is 5.92 Å². The van der Waals surface area contributed by atoms with Gasteiger partial charge in [0.1, 0.15) is 5.75 Å². The molecule has 0 amide bonds. The highest BCUT2D eigenvalue weighted by molar-refractivity contribution is 6.01. The maximum atomic E-state index is 12.0. The number of carbonyl (C=O) groups excluding carboxylic acids is 1. The van der Waals surface area contributed by atoms with E-state index in [0.717, 1.165) is 22.1 Å². The number of fused-ring (bicyclic) bond motifs is 1. The van der Waals surface area contributed by atoms with Gasteiger partial charge in [-0.05, 0) is 42.8 Å². The lowest BCUT2D eigenvalue weighted by atomic mass is 9.98. The van der Waals surface area contributed by atoms with Crippen molar-refractivity contribution in [2.75, 3.05) is 0 Å². The normalized spacial score (nSPS) is 11.3. The molecule has 2 nitrogen and oxygen atoms in total. The molecule has 0 aromatic heterocycles. The van der Waals surface area contributed by atoms with E-state index in [9.17, 15) is 4.79 Å². The Balaban J connectivity index is 2.38. The second kappa shape index (κ2) is 5.43. The van der Waals surface area contributed by atoms with E-state index in [1.54, 1.807) is 0 Å². The van der Waals surface area contributed by atoms with Gasteiger partial charge in [0.05, 0.1) is 6.10 Å². The van der Waals surface area contributed by atoms with Crippen molar-refractivity contribution in [2.24, 2.45) is 5.92 Å². The van der Waals surface area contributed by atoms with Crippen LogP contribution in [0.4, 0.5) is 0 Å². The molecule has 0 saturated carbocycles. The van der Waals surface area contributed by atoms with Crippen molar-refractivity contribution in [1.82, 2.24) is 0 Å². The molecule has 0 bridgehead atoms. The minimum absolute atomic E-state index is 0.0287. The molecule has 0 atom stereocenters. The predicted molar refractivity (Wildman–Crippen MR) is 78.9 cm³/mol. The molecule has 0 fully saturated rings. The molecular formula is C17H20O2. The molecule has 0 unspecified atom stereocenters. The Hall–Kier alpha value is -1.83. The van der Waals surface area contributed by atoms with Gasteiger partial charge in [-0.25, -0.2) is 0 Å². The van der Waals surface area contributed by atoms with E-state index >= 15 is 0 Å². The van der Waals surface area contributed by atoms with Crippen LogP contribution in [0.3, 0.4) is 0 Å². The standard InChI is InChI=1S/C17H20O2/c1-11(2)17(18)15-6-5-14-10-16(19-12(3)4)8-7-13(14)9-15/h5-12H,1-4H3. The summed E-state index contributed by atoms with van der Waals surface area (Å²) in [6.45, 7) is 7.86. The first-order chi connectivity index (χ1) is 8.97. The van der Waals surface area contributed by atoms with E-state index in [1.165, 1.54) is 0 Å². The van der Waals surface area contributed by atoms with E-state index in [1.807, 2.05) is 64.1 Å². The molecule has 2 rings (SSSR count). The van der Waals surface area contributed by atoms with Crippen LogP contribution in [0.1, 0.15) is 38.1 Å². The molecule has 0 spiro atoms. The Kier molecular flexibility index (Phi) is 3.89. The van der Waals surface area contributed by atoms with Crippen molar-refractivity contribution in [2.45, 2.75) is 33.8 Å². The average molecular weight is 256 g/mol. The SMILES string of the molecule is CC(C)Oc1ccc2cc(C(=O)C(C)C)ccc2c1. The van der Waals surface area contributed by atoms with Gasteiger partial charge in [0.15, 0.2) is 5.78 Å². The lowest BCUT2D eigenvalue weighted by Crippen LogP contribution is -2.07. The van der Waals surface area contributed by atoms with Gasteiger partial charge in [-0.1, -0.05) is 32.0 Å². The van der Waals surface area contributed by atoms with E-state index < -0.39 is 0 Å². The molecular weight excluding hydrogens is 236 g/mol. The topological polar surface area (TPSA) is 26.3 Å². The first-order valence-electron chi connectivity index (χ1n) is 6.72. The zero-order valence-electron chi connectivity index (χ0n) is 11.9. The van der Waals surface area contributed by atoms with Gasteiger partial charge >= 0.3 is 0 Å². The molecule has 0 heterocycles. The average Bonchev–Trinajstić information content (AvgIpc) is 2.36. The molecule has 0 aliphatic heterocycles. The summed E-state index contributed by atoms with van der Waals surface area (Å²) in [4.78, 5) is 12.0. The molecule has 0 radical (unpaired) electrons. The Morgan fingerprint density at radius 2 is 1.58 bits per heavy atom. The van der Waals surface area contributed by atoms with E-state index in [0.29, 0.717) is 0 Å². The molecule has 0 saturated heterocycles. The zero-order valence-corrected chi connectivity index (χ0v) is 11.9. The molecule has 2 aromatic carbocycles. The molecule has 0 aliphatic rings. The fraction of sp³-hybridized carbons (Fsp3) is 0.353. The second-order valence-electron chi connectivity index (χ2n) is 5.41. The van der Waals surface area contributed by atoms with Crippen LogP contribution < -0.4 is 4.74 Å². The highest BCUT2D eigenvalue weighted by Gasteiger charge is 2.10. The van der Waals surface area contributed by atoms with Crippen molar-refractivity contribution in [3.8, 4) is 5.75 Å². The maximum Gasteiger partial charge on any atom is 0.165 e. The second-order valence-corrected chi connectivity index (χ2v) is 5.41. The summed E-state index contributed by atoms with van der Waals surface area (Å²) >= 11 is 0. The van der Waals surface area contributed by atoms with Gasteiger partial charge in [-0.3, -0.25) is 4.79 Å². The van der Waals surface area contributed by atoms with Gasteiger partial charge in [0.25, 0.3) is 0 Å². The minimum Gasteiger partial charge on any atom is -0.491 e. The zero-order chi connectivity index (χ0) is 14.0. The summed E-state index contributed by atoms with van der Waals surface area (Å²) in [5, 5.41) is 2.17. The van der Waals surface area contributed by atoms with Gasteiger partial charge in [0.2, 0.25) is 0 Å². The molecule has 2 aromatic rings. The third-order valence-corrected chi connectivity index (χ3v) is 2.99. The maximum absolute atomic E-state index is 12.0. The number of rotatable bonds is 4. The first kappa shape index (κ1) is 13.6. The Bertz CT molecular complexity index is 597. The summed E-state index contributed by atoms with van der Waals surface area (Å²) < 4.78 is 5.67. The van der Waals surface area contributed by atoms with Crippen LogP contribution in [0.2, 0.25) is 0 Å². The minimum atomic E-state index is 0.0287. The largest absolute Gasteiger partial charge is 0.491 e. The fourth-order valence-corrected chi connectivity index (χ4v) is 2.06. The van der Waals surface area contributed by atoms with Crippen LogP contribution in [0.25, 0.3) is 10.8 Å². The third kappa shape index (κ3) is 3.14. The van der Waals surface area contributed by atoms with Crippen LogP contribution >= 0.6 is 0 Å². The van der Waals surface area contributed by atoms with Gasteiger partial charge < -0.3 is 4.74 Å². The summed E-state index contributed by atoms with van der Waals surface area (Å²) in [5.41, 5.74) is 0.778.